The molecule has 1 aliphatic heterocycles. The third-order valence-electron chi connectivity index (χ3n) is 3.22. The molecule has 2 rings (SSSR count). The molecule has 0 aliphatic carbocycles. The first-order valence-electron chi connectivity index (χ1n) is 6.52. The lowest BCUT2D eigenvalue weighted by atomic mass is 9.98. The Kier molecular flexibility index (Phi) is 4.91. The van der Waals surface area contributed by atoms with Crippen LogP contribution in [0.1, 0.15) is 13.2 Å². The summed E-state index contributed by atoms with van der Waals surface area (Å²) in [5.41, 5.74) is -0.528. The van der Waals surface area contributed by atoms with Crippen molar-refractivity contribution in [2.24, 2.45) is 0 Å². The maximum atomic E-state index is 11.3. The fraction of sp³-hybridized carbons (Fsp3) is 0.667. The van der Waals surface area contributed by atoms with Crippen molar-refractivity contribution in [1.82, 2.24) is 9.55 Å². The topological polar surface area (TPSA) is 134 Å². The van der Waals surface area contributed by atoms with Crippen LogP contribution in [0.2, 0.25) is 0 Å². The number of aromatic nitrogens is 2. The highest BCUT2D eigenvalue weighted by Crippen LogP contribution is 2.30. The van der Waals surface area contributed by atoms with Gasteiger partial charge in [-0.2, -0.15) is 4.98 Å². The van der Waals surface area contributed by atoms with Crippen LogP contribution in [0.15, 0.2) is 17.1 Å². The number of aliphatic hydroxyl groups is 4. The SMILES string of the molecule is CCOc1nc(=O)ccn1[C@@H]1O[C@H](CO)[C@@H](O)[C@H](O)[C@H]1O. The molecular formula is C12H18N2O7. The third kappa shape index (κ3) is 3.06. The smallest absolute Gasteiger partial charge is 0.301 e. The number of ether oxygens (including phenoxy) is 2. The fourth-order valence-electron chi connectivity index (χ4n) is 2.14. The number of hydrogen-bond acceptors (Lipinski definition) is 8. The van der Waals surface area contributed by atoms with Gasteiger partial charge in [0.15, 0.2) is 6.23 Å². The minimum atomic E-state index is -1.52. The Labute approximate surface area is 120 Å². The Morgan fingerprint density at radius 3 is 2.67 bits per heavy atom. The Hall–Kier alpha value is -1.52. The standard InChI is InChI=1S/C12H18N2O7/c1-2-20-12-13-7(16)3-4-14(12)11-10(19)9(18)8(17)6(5-15)21-11/h3-4,6,8-11,15,17-19H,2,5H2,1H3/t6-,8-,9+,10-,11-/m1/s1. The minimum Gasteiger partial charge on any atom is -0.465 e. The zero-order chi connectivity index (χ0) is 15.6. The van der Waals surface area contributed by atoms with Crippen molar-refractivity contribution < 1.29 is 29.9 Å². The lowest BCUT2D eigenvalue weighted by Gasteiger charge is -2.40. The minimum absolute atomic E-state index is 0.0886. The van der Waals surface area contributed by atoms with E-state index in [0.29, 0.717) is 0 Å². The molecule has 1 aromatic heterocycles. The van der Waals surface area contributed by atoms with Crippen LogP contribution in [0.5, 0.6) is 6.01 Å². The average molecular weight is 302 g/mol. The number of rotatable bonds is 4. The molecule has 1 aromatic rings. The summed E-state index contributed by atoms with van der Waals surface area (Å²) in [4.78, 5) is 14.9. The van der Waals surface area contributed by atoms with Gasteiger partial charge in [-0.1, -0.05) is 0 Å². The van der Waals surface area contributed by atoms with Gasteiger partial charge in [-0.3, -0.25) is 9.36 Å². The molecule has 0 bridgehead atoms. The maximum absolute atomic E-state index is 11.3. The highest BCUT2D eigenvalue weighted by molar-refractivity contribution is 5.03. The molecule has 0 aromatic carbocycles. The molecule has 1 aliphatic rings. The molecule has 118 valence electrons. The fourth-order valence-corrected chi connectivity index (χ4v) is 2.14. The summed E-state index contributed by atoms with van der Waals surface area (Å²) < 4.78 is 11.8. The molecule has 5 atom stereocenters. The molecule has 21 heavy (non-hydrogen) atoms. The molecule has 9 nitrogen and oxygen atoms in total. The van der Waals surface area contributed by atoms with Gasteiger partial charge in [0.05, 0.1) is 13.2 Å². The summed E-state index contributed by atoms with van der Waals surface area (Å²) in [6, 6.07) is 1.05. The number of hydrogen-bond donors (Lipinski definition) is 4. The van der Waals surface area contributed by atoms with Gasteiger partial charge in [-0.25, -0.2) is 0 Å². The summed E-state index contributed by atoms with van der Waals surface area (Å²) in [5.74, 6) is 0. The normalized spacial score (nSPS) is 32.9. The monoisotopic (exact) mass is 302 g/mol. The van der Waals surface area contributed by atoms with Crippen molar-refractivity contribution in [3.05, 3.63) is 22.6 Å². The molecule has 0 saturated carbocycles. The zero-order valence-electron chi connectivity index (χ0n) is 11.4. The van der Waals surface area contributed by atoms with E-state index in [4.69, 9.17) is 14.6 Å². The van der Waals surface area contributed by atoms with E-state index in [2.05, 4.69) is 4.98 Å². The van der Waals surface area contributed by atoms with Gasteiger partial charge in [0.25, 0.3) is 5.56 Å². The van der Waals surface area contributed by atoms with Gasteiger partial charge in [0.1, 0.15) is 24.4 Å². The average Bonchev–Trinajstić information content (AvgIpc) is 2.47. The molecule has 0 unspecified atom stereocenters. The van der Waals surface area contributed by atoms with E-state index in [1.807, 2.05) is 0 Å². The van der Waals surface area contributed by atoms with Crippen molar-refractivity contribution in [3.8, 4) is 6.01 Å². The first kappa shape index (κ1) is 15.9. The molecule has 0 radical (unpaired) electrons. The summed E-state index contributed by atoms with van der Waals surface area (Å²) >= 11 is 0. The van der Waals surface area contributed by atoms with E-state index in [0.717, 1.165) is 6.07 Å². The van der Waals surface area contributed by atoms with Gasteiger partial charge in [0, 0.05) is 12.3 Å². The zero-order valence-corrected chi connectivity index (χ0v) is 11.4. The third-order valence-corrected chi connectivity index (χ3v) is 3.22. The van der Waals surface area contributed by atoms with Crippen molar-refractivity contribution in [2.45, 2.75) is 37.6 Å². The molecule has 0 spiro atoms. The molecule has 0 amide bonds. The van der Waals surface area contributed by atoms with Gasteiger partial charge < -0.3 is 29.9 Å². The quantitative estimate of drug-likeness (QED) is 0.484. The molecule has 1 fully saturated rings. The predicted molar refractivity (Wildman–Crippen MR) is 68.7 cm³/mol. The van der Waals surface area contributed by atoms with Gasteiger partial charge in [0.2, 0.25) is 0 Å². The maximum Gasteiger partial charge on any atom is 0.301 e. The molecule has 1 saturated heterocycles. The van der Waals surface area contributed by atoms with E-state index in [-0.39, 0.29) is 12.6 Å². The van der Waals surface area contributed by atoms with Gasteiger partial charge >= 0.3 is 6.01 Å². The largest absolute Gasteiger partial charge is 0.465 e. The van der Waals surface area contributed by atoms with Crippen LogP contribution in [0.4, 0.5) is 0 Å². The number of nitrogens with zero attached hydrogens (tertiary/aromatic N) is 2. The Morgan fingerprint density at radius 1 is 1.33 bits per heavy atom. The molecule has 9 heteroatoms. The summed E-state index contributed by atoms with van der Waals surface area (Å²) in [5, 5.41) is 38.7. The summed E-state index contributed by atoms with van der Waals surface area (Å²) in [6.07, 6.45) is -5.37. The van der Waals surface area contributed by atoms with E-state index >= 15 is 0 Å². The van der Waals surface area contributed by atoms with E-state index in [9.17, 15) is 20.1 Å². The van der Waals surface area contributed by atoms with Crippen molar-refractivity contribution in [3.63, 3.8) is 0 Å². The summed E-state index contributed by atoms with van der Waals surface area (Å²) in [7, 11) is 0. The first-order chi connectivity index (χ1) is 9.99. The van der Waals surface area contributed by atoms with Crippen molar-refractivity contribution in [1.29, 1.82) is 0 Å². The second-order valence-electron chi connectivity index (χ2n) is 4.61. The second kappa shape index (κ2) is 6.50. The Balaban J connectivity index is 2.37. The van der Waals surface area contributed by atoms with Gasteiger partial charge in [-0.05, 0) is 6.92 Å². The second-order valence-corrected chi connectivity index (χ2v) is 4.61. The van der Waals surface area contributed by atoms with E-state index in [1.165, 1.54) is 10.8 Å². The Morgan fingerprint density at radius 2 is 2.05 bits per heavy atom. The van der Waals surface area contributed by atoms with Crippen molar-refractivity contribution >= 4 is 0 Å². The van der Waals surface area contributed by atoms with Crippen molar-refractivity contribution in [2.75, 3.05) is 13.2 Å². The Bertz CT molecular complexity index is 533. The van der Waals surface area contributed by atoms with Crippen LogP contribution in [0.3, 0.4) is 0 Å². The summed E-state index contributed by atoms with van der Waals surface area (Å²) in [6.45, 7) is 1.38. The predicted octanol–water partition coefficient (Wildman–Crippen LogP) is -2.39. The molecular weight excluding hydrogens is 284 g/mol. The van der Waals surface area contributed by atoms with Gasteiger partial charge in [-0.15, -0.1) is 0 Å². The van der Waals surface area contributed by atoms with Crippen LogP contribution >= 0.6 is 0 Å². The van der Waals surface area contributed by atoms with E-state index < -0.39 is 42.8 Å². The van der Waals surface area contributed by atoms with Crippen LogP contribution < -0.4 is 10.3 Å². The highest BCUT2D eigenvalue weighted by atomic mass is 16.6. The van der Waals surface area contributed by atoms with Crippen LogP contribution in [-0.2, 0) is 4.74 Å². The molecule has 2 heterocycles. The van der Waals surface area contributed by atoms with Crippen LogP contribution in [0, 0.1) is 0 Å². The first-order valence-corrected chi connectivity index (χ1v) is 6.52. The highest BCUT2D eigenvalue weighted by Gasteiger charge is 2.44. The van der Waals surface area contributed by atoms with E-state index in [1.54, 1.807) is 6.92 Å². The molecule has 4 N–H and O–H groups in total. The number of aliphatic hydroxyl groups excluding tert-OH is 4. The van der Waals surface area contributed by atoms with Crippen LogP contribution in [0.25, 0.3) is 0 Å². The lowest BCUT2D eigenvalue weighted by molar-refractivity contribution is -0.252. The lowest BCUT2D eigenvalue weighted by Crippen LogP contribution is -2.56. The van der Waals surface area contributed by atoms with Crippen LogP contribution in [-0.4, -0.2) is 67.6 Å².